The Labute approximate surface area is 295 Å². The minimum atomic E-state index is 0.660. The van der Waals surface area contributed by atoms with Crippen LogP contribution in [0.2, 0.25) is 0 Å². The van der Waals surface area contributed by atoms with Gasteiger partial charge in [0.25, 0.3) is 0 Å². The summed E-state index contributed by atoms with van der Waals surface area (Å²) in [7, 11) is 0. The van der Waals surface area contributed by atoms with E-state index < -0.39 is 0 Å². The van der Waals surface area contributed by atoms with E-state index in [-0.39, 0.29) is 0 Å². The molecular weight excluding hydrogens is 621 g/mol. The quantitative estimate of drug-likeness (QED) is 0.174. The Balaban J connectivity index is 1.26. The average molecular weight is 651 g/mol. The van der Waals surface area contributed by atoms with Gasteiger partial charge in [0, 0.05) is 27.5 Å². The summed E-state index contributed by atoms with van der Waals surface area (Å²) < 4.78 is 6.54. The SMILES string of the molecule is c1ccc(-c2ccccc2-c2nc(-c3ccccc3-c3cc4ccccc4c4ccccc34)cc(-c3cccc4c3oc3ccccc34)n2)cc1. The third-order valence-electron chi connectivity index (χ3n) is 9.92. The molecule has 0 amide bonds. The van der Waals surface area contributed by atoms with Gasteiger partial charge in [-0.2, -0.15) is 0 Å². The summed E-state index contributed by atoms with van der Waals surface area (Å²) in [6, 6.07) is 63.8. The highest BCUT2D eigenvalue weighted by atomic mass is 16.3. The van der Waals surface area contributed by atoms with Crippen LogP contribution in [0, 0.1) is 0 Å². The topological polar surface area (TPSA) is 38.9 Å². The molecule has 0 aliphatic carbocycles. The molecule has 0 aliphatic heterocycles. The number of nitrogens with zero attached hydrogens (tertiary/aromatic N) is 2. The number of benzene rings is 8. The van der Waals surface area contributed by atoms with Crippen molar-refractivity contribution in [2.75, 3.05) is 0 Å². The highest BCUT2D eigenvalue weighted by Crippen LogP contribution is 2.42. The fourth-order valence-corrected chi connectivity index (χ4v) is 7.56. The van der Waals surface area contributed by atoms with Crippen molar-refractivity contribution in [1.29, 1.82) is 0 Å². The number of fused-ring (bicyclic) bond motifs is 6. The molecule has 0 atom stereocenters. The van der Waals surface area contributed by atoms with Gasteiger partial charge in [-0.05, 0) is 68.1 Å². The van der Waals surface area contributed by atoms with Crippen LogP contribution in [0.25, 0.3) is 99.6 Å². The van der Waals surface area contributed by atoms with Gasteiger partial charge in [0.15, 0.2) is 5.82 Å². The molecule has 10 rings (SSSR count). The number of rotatable bonds is 5. The van der Waals surface area contributed by atoms with E-state index in [0.717, 1.165) is 66.7 Å². The van der Waals surface area contributed by atoms with Crippen LogP contribution in [-0.2, 0) is 0 Å². The Morgan fingerprint density at radius 3 is 1.73 bits per heavy atom. The van der Waals surface area contributed by atoms with Crippen LogP contribution in [0.5, 0.6) is 0 Å². The highest BCUT2D eigenvalue weighted by molar-refractivity contribution is 6.15. The first-order valence-electron chi connectivity index (χ1n) is 17.2. The summed E-state index contributed by atoms with van der Waals surface area (Å²) in [5.74, 6) is 0.660. The van der Waals surface area contributed by atoms with Gasteiger partial charge in [-0.25, -0.2) is 9.97 Å². The van der Waals surface area contributed by atoms with E-state index >= 15 is 0 Å². The monoisotopic (exact) mass is 650 g/mol. The summed E-state index contributed by atoms with van der Waals surface area (Å²) in [6.45, 7) is 0. The molecule has 0 N–H and O–H groups in total. The summed E-state index contributed by atoms with van der Waals surface area (Å²) in [5.41, 5.74) is 10.8. The van der Waals surface area contributed by atoms with Crippen LogP contribution in [-0.4, -0.2) is 9.97 Å². The van der Waals surface area contributed by atoms with Gasteiger partial charge in [-0.1, -0.05) is 158 Å². The van der Waals surface area contributed by atoms with Crippen LogP contribution in [0.15, 0.2) is 186 Å². The van der Waals surface area contributed by atoms with E-state index in [4.69, 9.17) is 14.4 Å². The maximum absolute atomic E-state index is 6.54. The first-order valence-corrected chi connectivity index (χ1v) is 17.2. The second-order valence-electron chi connectivity index (χ2n) is 12.9. The maximum Gasteiger partial charge on any atom is 0.161 e. The third kappa shape index (κ3) is 4.90. The number of hydrogen-bond acceptors (Lipinski definition) is 3. The second kappa shape index (κ2) is 11.9. The first kappa shape index (κ1) is 29.1. The number of aromatic nitrogens is 2. The standard InChI is InChI=1S/C48H30N2O/c1-2-15-31(16-3-1)33-18-6-11-25-41(33)48-49-44(30-45(50-48)42-27-14-26-40-39-24-12-13-28-46(39)51-47(40)42)38-23-10-9-22-37(38)43-29-32-17-4-5-19-34(32)35-20-7-8-21-36(35)43/h1-30H. The minimum Gasteiger partial charge on any atom is -0.455 e. The summed E-state index contributed by atoms with van der Waals surface area (Å²) in [6.07, 6.45) is 0. The van der Waals surface area contributed by atoms with E-state index in [1.54, 1.807) is 0 Å². The van der Waals surface area contributed by atoms with Crippen molar-refractivity contribution in [1.82, 2.24) is 9.97 Å². The van der Waals surface area contributed by atoms with Crippen molar-refractivity contribution >= 4 is 43.5 Å². The van der Waals surface area contributed by atoms with Gasteiger partial charge in [0.1, 0.15) is 11.2 Å². The molecule has 51 heavy (non-hydrogen) atoms. The van der Waals surface area contributed by atoms with Crippen LogP contribution in [0.4, 0.5) is 0 Å². The Morgan fingerprint density at radius 2 is 0.902 bits per heavy atom. The van der Waals surface area contributed by atoms with Crippen LogP contribution in [0.1, 0.15) is 0 Å². The third-order valence-corrected chi connectivity index (χ3v) is 9.92. The number of furan rings is 1. The Morgan fingerprint density at radius 1 is 0.333 bits per heavy atom. The Hall–Kier alpha value is -6.84. The normalized spacial score (nSPS) is 11.5. The fraction of sp³-hybridized carbons (Fsp3) is 0. The predicted octanol–water partition coefficient (Wildman–Crippen LogP) is 13.0. The van der Waals surface area contributed by atoms with E-state index in [2.05, 4.69) is 164 Å². The van der Waals surface area contributed by atoms with Gasteiger partial charge < -0.3 is 4.42 Å². The summed E-state index contributed by atoms with van der Waals surface area (Å²) >= 11 is 0. The lowest BCUT2D eigenvalue weighted by molar-refractivity contribution is 0.670. The van der Waals surface area contributed by atoms with E-state index in [0.29, 0.717) is 5.82 Å². The average Bonchev–Trinajstić information content (AvgIpc) is 3.60. The van der Waals surface area contributed by atoms with Crippen molar-refractivity contribution in [3.63, 3.8) is 0 Å². The highest BCUT2D eigenvalue weighted by Gasteiger charge is 2.20. The van der Waals surface area contributed by atoms with Gasteiger partial charge in [0.2, 0.25) is 0 Å². The Kier molecular flexibility index (Phi) is 6.81. The number of para-hydroxylation sites is 2. The van der Waals surface area contributed by atoms with Crippen molar-refractivity contribution in [2.45, 2.75) is 0 Å². The predicted molar refractivity (Wildman–Crippen MR) is 212 cm³/mol. The van der Waals surface area contributed by atoms with E-state index in [9.17, 15) is 0 Å². The first-order chi connectivity index (χ1) is 25.3. The number of hydrogen-bond donors (Lipinski definition) is 0. The van der Waals surface area contributed by atoms with Crippen molar-refractivity contribution in [3.8, 4) is 56.2 Å². The summed E-state index contributed by atoms with van der Waals surface area (Å²) in [4.78, 5) is 10.7. The molecule has 2 aromatic heterocycles. The Bertz CT molecular complexity index is 2920. The largest absolute Gasteiger partial charge is 0.455 e. The van der Waals surface area contributed by atoms with Crippen molar-refractivity contribution in [2.24, 2.45) is 0 Å². The van der Waals surface area contributed by atoms with Gasteiger partial charge in [-0.15, -0.1) is 0 Å². The molecule has 8 aromatic carbocycles. The van der Waals surface area contributed by atoms with E-state index in [1.165, 1.54) is 27.1 Å². The van der Waals surface area contributed by atoms with Crippen molar-refractivity contribution in [3.05, 3.63) is 182 Å². The van der Waals surface area contributed by atoms with Crippen LogP contribution in [0.3, 0.4) is 0 Å². The van der Waals surface area contributed by atoms with Gasteiger partial charge in [0.05, 0.1) is 11.4 Å². The fourth-order valence-electron chi connectivity index (χ4n) is 7.56. The molecule has 0 fully saturated rings. The maximum atomic E-state index is 6.54. The zero-order chi connectivity index (χ0) is 33.7. The molecule has 0 unspecified atom stereocenters. The molecular formula is C48H30N2O. The molecule has 0 aliphatic rings. The van der Waals surface area contributed by atoms with Gasteiger partial charge >= 0.3 is 0 Å². The molecule has 10 aromatic rings. The molecule has 0 radical (unpaired) electrons. The zero-order valence-electron chi connectivity index (χ0n) is 27.6. The molecule has 0 spiro atoms. The summed E-state index contributed by atoms with van der Waals surface area (Å²) in [5, 5.41) is 7.05. The van der Waals surface area contributed by atoms with Crippen LogP contribution < -0.4 is 0 Å². The van der Waals surface area contributed by atoms with E-state index in [1.807, 2.05) is 18.2 Å². The molecule has 3 heteroatoms. The molecule has 0 bridgehead atoms. The lowest BCUT2D eigenvalue weighted by Gasteiger charge is -2.16. The smallest absolute Gasteiger partial charge is 0.161 e. The van der Waals surface area contributed by atoms with Gasteiger partial charge in [-0.3, -0.25) is 0 Å². The second-order valence-corrected chi connectivity index (χ2v) is 12.9. The lowest BCUT2D eigenvalue weighted by Crippen LogP contribution is -1.98. The molecule has 0 saturated heterocycles. The molecule has 2 heterocycles. The zero-order valence-corrected chi connectivity index (χ0v) is 27.6. The minimum absolute atomic E-state index is 0.660. The van der Waals surface area contributed by atoms with Crippen molar-refractivity contribution < 1.29 is 4.42 Å². The lowest BCUT2D eigenvalue weighted by atomic mass is 9.90. The van der Waals surface area contributed by atoms with Crippen LogP contribution >= 0.6 is 0 Å². The molecule has 0 saturated carbocycles. The molecule has 238 valence electrons. The molecule has 3 nitrogen and oxygen atoms in total.